The molecule has 2 rings (SSSR count). The Balaban J connectivity index is 2.17. The molecule has 0 bridgehead atoms. The molecule has 0 spiro atoms. The molecule has 0 aromatic rings. The number of likely N-dealkylation sites (tertiary alicyclic amines) is 1. The SMILES string of the molecule is C[C@H]1CC(F)(F)CN1C(=O)C1=CSCN1C(C)(C)CO. The van der Waals surface area contributed by atoms with Gasteiger partial charge in [0.15, 0.2) is 0 Å². The number of amides is 1. The average Bonchev–Trinajstić information content (AvgIpc) is 2.93. The van der Waals surface area contributed by atoms with Crippen LogP contribution in [0.3, 0.4) is 0 Å². The van der Waals surface area contributed by atoms with E-state index in [0.717, 1.165) is 0 Å². The van der Waals surface area contributed by atoms with E-state index in [1.807, 2.05) is 13.8 Å². The molecule has 0 radical (unpaired) electrons. The Bertz CT molecular complexity index is 440. The Labute approximate surface area is 121 Å². The molecule has 20 heavy (non-hydrogen) atoms. The van der Waals surface area contributed by atoms with Crippen LogP contribution in [0.5, 0.6) is 0 Å². The topological polar surface area (TPSA) is 43.8 Å². The molecule has 1 fully saturated rings. The molecule has 0 saturated carbocycles. The number of hydrogen-bond acceptors (Lipinski definition) is 4. The lowest BCUT2D eigenvalue weighted by molar-refractivity contribution is -0.131. The van der Waals surface area contributed by atoms with Crippen molar-refractivity contribution in [1.29, 1.82) is 0 Å². The molecule has 1 N–H and O–H groups in total. The van der Waals surface area contributed by atoms with Gasteiger partial charge in [-0.15, -0.1) is 11.8 Å². The van der Waals surface area contributed by atoms with Crippen molar-refractivity contribution in [3.63, 3.8) is 0 Å². The second-order valence-electron chi connectivity index (χ2n) is 6.04. The summed E-state index contributed by atoms with van der Waals surface area (Å²) in [6.07, 6.45) is -0.289. The minimum atomic E-state index is -2.81. The van der Waals surface area contributed by atoms with Crippen molar-refractivity contribution in [2.45, 2.75) is 44.7 Å². The number of hydrogen-bond donors (Lipinski definition) is 1. The summed E-state index contributed by atoms with van der Waals surface area (Å²) in [6.45, 7) is 4.65. The minimum Gasteiger partial charge on any atom is -0.394 e. The van der Waals surface area contributed by atoms with Crippen LogP contribution in [-0.2, 0) is 4.79 Å². The van der Waals surface area contributed by atoms with E-state index in [4.69, 9.17) is 0 Å². The van der Waals surface area contributed by atoms with Gasteiger partial charge in [-0.25, -0.2) is 8.78 Å². The highest BCUT2D eigenvalue weighted by Crippen LogP contribution is 2.36. The van der Waals surface area contributed by atoms with Crippen molar-refractivity contribution >= 4 is 17.7 Å². The third-order valence-corrected chi connectivity index (χ3v) is 4.61. The first-order chi connectivity index (χ1) is 9.18. The molecule has 1 atom stereocenters. The van der Waals surface area contributed by atoms with Gasteiger partial charge in [0.1, 0.15) is 5.70 Å². The summed E-state index contributed by atoms with van der Waals surface area (Å²) in [5.74, 6) is -2.63. The molecule has 2 heterocycles. The first-order valence-electron chi connectivity index (χ1n) is 6.57. The molecule has 4 nitrogen and oxygen atoms in total. The third kappa shape index (κ3) is 2.79. The van der Waals surface area contributed by atoms with Gasteiger partial charge in [-0.1, -0.05) is 0 Å². The van der Waals surface area contributed by atoms with Gasteiger partial charge < -0.3 is 14.9 Å². The zero-order chi connectivity index (χ0) is 15.1. The number of alkyl halides is 2. The van der Waals surface area contributed by atoms with Crippen LogP contribution in [-0.4, -0.2) is 57.3 Å². The summed E-state index contributed by atoms with van der Waals surface area (Å²) in [7, 11) is 0. The smallest absolute Gasteiger partial charge is 0.271 e. The van der Waals surface area contributed by atoms with Crippen LogP contribution in [0.25, 0.3) is 0 Å². The summed E-state index contributed by atoms with van der Waals surface area (Å²) in [5.41, 5.74) is -0.185. The van der Waals surface area contributed by atoms with Crippen molar-refractivity contribution in [2.75, 3.05) is 19.0 Å². The molecular formula is C13H20F2N2O2S. The second kappa shape index (κ2) is 5.18. The molecule has 2 aliphatic heterocycles. The van der Waals surface area contributed by atoms with E-state index >= 15 is 0 Å². The predicted octanol–water partition coefficient (Wildman–Crippen LogP) is 1.86. The molecule has 2 aliphatic rings. The maximum atomic E-state index is 13.4. The molecule has 1 amide bonds. The van der Waals surface area contributed by atoms with Gasteiger partial charge in [0.25, 0.3) is 11.8 Å². The van der Waals surface area contributed by atoms with Crippen LogP contribution in [0.15, 0.2) is 11.1 Å². The van der Waals surface area contributed by atoms with E-state index in [9.17, 15) is 18.7 Å². The summed E-state index contributed by atoms with van der Waals surface area (Å²) in [6, 6.07) is -0.469. The average molecular weight is 306 g/mol. The normalized spacial score (nSPS) is 26.1. The lowest BCUT2D eigenvalue weighted by Gasteiger charge is -2.37. The monoisotopic (exact) mass is 306 g/mol. The number of rotatable bonds is 3. The first kappa shape index (κ1) is 15.6. The number of halogens is 2. The van der Waals surface area contributed by atoms with E-state index in [1.165, 1.54) is 16.7 Å². The van der Waals surface area contributed by atoms with Crippen LogP contribution in [0.1, 0.15) is 27.2 Å². The van der Waals surface area contributed by atoms with E-state index in [2.05, 4.69) is 0 Å². The lowest BCUT2D eigenvalue weighted by Crippen LogP contribution is -2.49. The number of nitrogens with zero attached hydrogens (tertiary/aromatic N) is 2. The number of aliphatic hydroxyl groups excluding tert-OH is 1. The zero-order valence-electron chi connectivity index (χ0n) is 11.9. The number of thioether (sulfide) groups is 1. The molecule has 0 aromatic heterocycles. The highest BCUT2D eigenvalue weighted by atomic mass is 32.2. The van der Waals surface area contributed by atoms with Crippen LogP contribution in [0.2, 0.25) is 0 Å². The Hall–Kier alpha value is -0.820. The number of carbonyl (C=O) groups is 1. The Morgan fingerprint density at radius 2 is 2.25 bits per heavy atom. The molecule has 1 saturated heterocycles. The van der Waals surface area contributed by atoms with Crippen molar-refractivity contribution in [3.05, 3.63) is 11.1 Å². The fourth-order valence-electron chi connectivity index (χ4n) is 2.51. The van der Waals surface area contributed by atoms with Crippen molar-refractivity contribution in [1.82, 2.24) is 9.80 Å². The van der Waals surface area contributed by atoms with Gasteiger partial charge in [-0.3, -0.25) is 4.79 Å². The largest absolute Gasteiger partial charge is 0.394 e. The van der Waals surface area contributed by atoms with Gasteiger partial charge in [0, 0.05) is 17.9 Å². The van der Waals surface area contributed by atoms with E-state index in [1.54, 1.807) is 17.2 Å². The lowest BCUT2D eigenvalue weighted by atomic mass is 10.0. The van der Waals surface area contributed by atoms with Crippen molar-refractivity contribution in [3.8, 4) is 0 Å². The molecular weight excluding hydrogens is 286 g/mol. The zero-order valence-corrected chi connectivity index (χ0v) is 12.7. The summed E-state index contributed by atoms with van der Waals surface area (Å²) < 4.78 is 26.8. The molecule has 114 valence electrons. The number of carbonyl (C=O) groups excluding carboxylic acids is 1. The molecule has 0 aromatic carbocycles. The van der Waals surface area contributed by atoms with Crippen molar-refractivity contribution in [2.24, 2.45) is 0 Å². The van der Waals surface area contributed by atoms with Crippen LogP contribution in [0, 0.1) is 0 Å². The quantitative estimate of drug-likeness (QED) is 0.864. The Kier molecular flexibility index (Phi) is 4.03. The molecule has 0 aliphatic carbocycles. The highest BCUT2D eigenvalue weighted by molar-refractivity contribution is 8.02. The van der Waals surface area contributed by atoms with Gasteiger partial charge >= 0.3 is 0 Å². The summed E-state index contributed by atoms with van der Waals surface area (Å²) in [4.78, 5) is 15.5. The standard InChI is InChI=1S/C13H20F2N2O2S/c1-9-4-13(14,15)6-16(9)11(19)10-5-20-8-17(10)12(2,3)7-18/h5,9,18H,4,6-8H2,1-3H3/t9-/m0/s1. The minimum absolute atomic E-state index is 0.107. The second-order valence-corrected chi connectivity index (χ2v) is 6.87. The summed E-state index contributed by atoms with van der Waals surface area (Å²) >= 11 is 1.44. The highest BCUT2D eigenvalue weighted by Gasteiger charge is 2.47. The maximum absolute atomic E-state index is 13.4. The van der Waals surface area contributed by atoms with E-state index < -0.39 is 24.0 Å². The van der Waals surface area contributed by atoms with Gasteiger partial charge in [-0.2, -0.15) is 0 Å². The van der Waals surface area contributed by atoms with Crippen LogP contribution in [0.4, 0.5) is 8.78 Å². The van der Waals surface area contributed by atoms with E-state index in [-0.39, 0.29) is 18.9 Å². The predicted molar refractivity (Wildman–Crippen MR) is 74.3 cm³/mol. The first-order valence-corrected chi connectivity index (χ1v) is 7.62. The summed E-state index contributed by atoms with van der Waals surface area (Å²) in [5, 5.41) is 11.1. The van der Waals surface area contributed by atoms with Crippen molar-refractivity contribution < 1.29 is 18.7 Å². The van der Waals surface area contributed by atoms with Crippen LogP contribution >= 0.6 is 11.8 Å². The van der Waals surface area contributed by atoms with E-state index in [0.29, 0.717) is 11.6 Å². The molecule has 7 heteroatoms. The fraction of sp³-hybridized carbons (Fsp3) is 0.769. The van der Waals surface area contributed by atoms with Crippen LogP contribution < -0.4 is 0 Å². The van der Waals surface area contributed by atoms with Gasteiger partial charge in [0.2, 0.25) is 0 Å². The van der Waals surface area contributed by atoms with Gasteiger partial charge in [0.05, 0.1) is 24.6 Å². The van der Waals surface area contributed by atoms with Gasteiger partial charge in [-0.05, 0) is 20.8 Å². The Morgan fingerprint density at radius 1 is 1.60 bits per heavy atom. The maximum Gasteiger partial charge on any atom is 0.271 e. The molecule has 0 unspecified atom stereocenters. The fourth-order valence-corrected chi connectivity index (χ4v) is 3.61. The number of aliphatic hydroxyl groups is 1. The Morgan fingerprint density at radius 3 is 2.75 bits per heavy atom. The third-order valence-electron chi connectivity index (χ3n) is 3.81.